The number of ketones is 1. The molecule has 0 saturated carbocycles. The van der Waals surface area contributed by atoms with Crippen molar-refractivity contribution in [2.24, 2.45) is 5.92 Å². The number of anilines is 1. The molecule has 2 heterocycles. The van der Waals surface area contributed by atoms with E-state index in [2.05, 4.69) is 4.98 Å². The molecule has 1 saturated heterocycles. The quantitative estimate of drug-likeness (QED) is 0.147. The van der Waals surface area contributed by atoms with Gasteiger partial charge in [-0.05, 0) is 50.1 Å². The number of hydrogen-bond acceptors (Lipinski definition) is 10. The van der Waals surface area contributed by atoms with Gasteiger partial charge >= 0.3 is 11.9 Å². The Morgan fingerprint density at radius 3 is 2.41 bits per heavy atom. The Kier molecular flexibility index (Phi) is 8.97. The summed E-state index contributed by atoms with van der Waals surface area (Å²) in [5, 5.41) is 11.6. The van der Waals surface area contributed by atoms with Crippen LogP contribution in [0.1, 0.15) is 53.3 Å². The first-order valence-corrected chi connectivity index (χ1v) is 13.8. The number of nitrogens with zero attached hydrogens (tertiary/aromatic N) is 2. The number of carbonyl (C=O) groups is 3. The monoisotopic (exact) mass is 580 g/mol. The molecule has 1 atom stereocenters. The lowest BCUT2D eigenvalue weighted by Gasteiger charge is -2.25. The predicted molar refractivity (Wildman–Crippen MR) is 154 cm³/mol. The molecule has 0 aliphatic carbocycles. The second-order valence-electron chi connectivity index (χ2n) is 9.61. The van der Waals surface area contributed by atoms with Crippen molar-refractivity contribution < 1.29 is 38.4 Å². The van der Waals surface area contributed by atoms with E-state index in [0.29, 0.717) is 40.8 Å². The normalized spacial score (nSPS) is 16.3. The number of methoxy groups -OCH3 is 2. The smallest absolute Gasteiger partial charge is 0.350 e. The van der Waals surface area contributed by atoms with Crippen LogP contribution in [-0.4, -0.2) is 55.2 Å². The van der Waals surface area contributed by atoms with Gasteiger partial charge in [-0.3, -0.25) is 14.5 Å². The molecule has 1 unspecified atom stereocenters. The van der Waals surface area contributed by atoms with Crippen LogP contribution in [0.15, 0.2) is 48.0 Å². The molecule has 0 radical (unpaired) electrons. The van der Waals surface area contributed by atoms with Crippen LogP contribution in [0.5, 0.6) is 17.2 Å². The number of ether oxygens (including phenoxy) is 4. The number of carbonyl (C=O) groups excluding carboxylic acids is 3. The van der Waals surface area contributed by atoms with Gasteiger partial charge in [-0.2, -0.15) is 0 Å². The van der Waals surface area contributed by atoms with Gasteiger partial charge in [0.2, 0.25) is 0 Å². The molecule has 1 N–H and O–H groups in total. The Balaban J connectivity index is 1.90. The maximum absolute atomic E-state index is 13.6. The SMILES string of the molecule is CCOC(=O)c1sc(N2C(=O)C(=O)/C(=C(/O)c3ccc(OCC(C)C)cc3)C2c2cccc(OC)c2OC)nc1C. The molecule has 41 heavy (non-hydrogen) atoms. The first-order chi connectivity index (χ1) is 19.6. The zero-order chi connectivity index (χ0) is 29.8. The summed E-state index contributed by atoms with van der Waals surface area (Å²) in [5.74, 6) is -1.22. The van der Waals surface area contributed by atoms with Gasteiger partial charge in [-0.15, -0.1) is 0 Å². The zero-order valence-electron chi connectivity index (χ0n) is 23.7. The number of para-hydroxylation sites is 1. The number of aryl methyl sites for hydroxylation is 1. The number of rotatable bonds is 10. The highest BCUT2D eigenvalue weighted by Gasteiger charge is 2.49. The summed E-state index contributed by atoms with van der Waals surface area (Å²) < 4.78 is 22.0. The van der Waals surface area contributed by atoms with Gasteiger partial charge in [0.15, 0.2) is 16.6 Å². The Bertz CT molecular complexity index is 1490. The van der Waals surface area contributed by atoms with Crippen molar-refractivity contribution in [1.82, 2.24) is 4.98 Å². The lowest BCUT2D eigenvalue weighted by molar-refractivity contribution is -0.132. The largest absolute Gasteiger partial charge is 0.507 e. The van der Waals surface area contributed by atoms with Crippen LogP contribution in [0.25, 0.3) is 5.76 Å². The lowest BCUT2D eigenvalue weighted by atomic mass is 9.94. The third-order valence-electron chi connectivity index (χ3n) is 6.34. The van der Waals surface area contributed by atoms with Gasteiger partial charge < -0.3 is 24.1 Å². The third kappa shape index (κ3) is 5.76. The number of thiazole rings is 1. The number of aromatic nitrogens is 1. The molecule has 1 aliphatic rings. The minimum absolute atomic E-state index is 0.0963. The third-order valence-corrected chi connectivity index (χ3v) is 7.47. The second-order valence-corrected chi connectivity index (χ2v) is 10.6. The lowest BCUT2D eigenvalue weighted by Crippen LogP contribution is -2.29. The number of esters is 1. The first-order valence-electron chi connectivity index (χ1n) is 13.0. The zero-order valence-corrected chi connectivity index (χ0v) is 24.5. The van der Waals surface area contributed by atoms with E-state index >= 15 is 0 Å². The van der Waals surface area contributed by atoms with Crippen LogP contribution in [0.4, 0.5) is 5.13 Å². The van der Waals surface area contributed by atoms with Gasteiger partial charge in [0.25, 0.3) is 5.78 Å². The van der Waals surface area contributed by atoms with Gasteiger partial charge in [-0.25, -0.2) is 9.78 Å². The van der Waals surface area contributed by atoms with E-state index in [1.165, 1.54) is 19.1 Å². The number of amides is 1. The summed E-state index contributed by atoms with van der Waals surface area (Å²) in [6, 6.07) is 10.5. The molecule has 2 aromatic carbocycles. The Morgan fingerprint density at radius 2 is 1.80 bits per heavy atom. The standard InChI is InChI=1S/C30H32N2O8S/c1-7-39-29(36)27-17(4)31-30(41-27)32-23(20-9-8-10-21(37-5)26(20)38-6)22(25(34)28(32)35)24(33)18-11-13-19(14-12-18)40-15-16(2)3/h8-14,16,23,33H,7,15H2,1-6H3/b24-22+. The van der Waals surface area contributed by atoms with Crippen LogP contribution in [0.2, 0.25) is 0 Å². The van der Waals surface area contributed by atoms with Crippen molar-refractivity contribution in [3.8, 4) is 17.2 Å². The fraction of sp³-hybridized carbons (Fsp3) is 0.333. The summed E-state index contributed by atoms with van der Waals surface area (Å²) in [6.07, 6.45) is 0. The highest BCUT2D eigenvalue weighted by molar-refractivity contribution is 7.17. The average molecular weight is 581 g/mol. The fourth-order valence-corrected chi connectivity index (χ4v) is 5.44. The van der Waals surface area contributed by atoms with E-state index in [0.717, 1.165) is 11.3 Å². The summed E-state index contributed by atoms with van der Waals surface area (Å²) in [5.41, 5.74) is 0.881. The number of hydrogen-bond donors (Lipinski definition) is 1. The van der Waals surface area contributed by atoms with Crippen molar-refractivity contribution in [2.45, 2.75) is 33.7 Å². The van der Waals surface area contributed by atoms with Crippen molar-refractivity contribution in [1.29, 1.82) is 0 Å². The van der Waals surface area contributed by atoms with Gasteiger partial charge in [0.05, 0.1) is 38.7 Å². The predicted octanol–water partition coefficient (Wildman–Crippen LogP) is 5.31. The molecule has 216 valence electrons. The van der Waals surface area contributed by atoms with E-state index in [-0.39, 0.29) is 33.7 Å². The van der Waals surface area contributed by atoms with Crippen molar-refractivity contribution in [3.63, 3.8) is 0 Å². The topological polar surface area (TPSA) is 124 Å². The number of aliphatic hydroxyl groups excluding tert-OH is 1. The second kappa shape index (κ2) is 12.4. The van der Waals surface area contributed by atoms with E-state index < -0.39 is 23.7 Å². The molecule has 0 bridgehead atoms. The first kappa shape index (κ1) is 29.6. The maximum atomic E-state index is 13.6. The Hall–Kier alpha value is -4.38. The number of Topliss-reactive ketones (excluding diaryl/α,β-unsaturated/α-hetero) is 1. The molecule has 1 fully saturated rings. The average Bonchev–Trinajstić information content (AvgIpc) is 3.47. The van der Waals surface area contributed by atoms with E-state index in [1.54, 1.807) is 56.3 Å². The molecule has 4 rings (SSSR count). The molecule has 1 aliphatic heterocycles. The van der Waals surface area contributed by atoms with Crippen LogP contribution < -0.4 is 19.1 Å². The Morgan fingerprint density at radius 1 is 1.10 bits per heavy atom. The van der Waals surface area contributed by atoms with Crippen molar-refractivity contribution in [3.05, 3.63) is 69.7 Å². The van der Waals surface area contributed by atoms with Crippen LogP contribution in [0.3, 0.4) is 0 Å². The van der Waals surface area contributed by atoms with Gasteiger partial charge in [0.1, 0.15) is 22.4 Å². The highest BCUT2D eigenvalue weighted by Crippen LogP contribution is 2.48. The van der Waals surface area contributed by atoms with Crippen molar-refractivity contribution >= 4 is 39.9 Å². The molecule has 1 amide bonds. The Labute approximate surface area is 242 Å². The molecular weight excluding hydrogens is 548 g/mol. The fourth-order valence-electron chi connectivity index (χ4n) is 4.45. The minimum atomic E-state index is -1.14. The van der Waals surface area contributed by atoms with E-state index in [9.17, 15) is 19.5 Å². The molecule has 3 aromatic rings. The maximum Gasteiger partial charge on any atom is 0.350 e. The minimum Gasteiger partial charge on any atom is -0.507 e. The summed E-state index contributed by atoms with van der Waals surface area (Å²) in [7, 11) is 2.91. The van der Waals surface area contributed by atoms with Crippen molar-refractivity contribution in [2.75, 3.05) is 32.3 Å². The molecular formula is C30H32N2O8S. The summed E-state index contributed by atoms with van der Waals surface area (Å²) in [4.78, 5) is 45.5. The number of aliphatic hydroxyl groups is 1. The molecule has 1 aromatic heterocycles. The summed E-state index contributed by atoms with van der Waals surface area (Å²) >= 11 is 0.926. The molecule has 11 heteroatoms. The van der Waals surface area contributed by atoms with Crippen LogP contribution >= 0.6 is 11.3 Å². The molecule has 10 nitrogen and oxygen atoms in total. The van der Waals surface area contributed by atoms with Crippen LogP contribution in [0, 0.1) is 12.8 Å². The number of benzene rings is 2. The van der Waals surface area contributed by atoms with Gasteiger partial charge in [0, 0.05) is 11.1 Å². The van der Waals surface area contributed by atoms with Gasteiger partial charge in [-0.1, -0.05) is 37.3 Å². The summed E-state index contributed by atoms with van der Waals surface area (Å²) in [6.45, 7) is 8.06. The highest BCUT2D eigenvalue weighted by atomic mass is 32.1. The van der Waals surface area contributed by atoms with E-state index in [1.807, 2.05) is 13.8 Å². The van der Waals surface area contributed by atoms with Crippen LogP contribution in [-0.2, 0) is 14.3 Å². The van der Waals surface area contributed by atoms with E-state index in [4.69, 9.17) is 18.9 Å². The molecule has 0 spiro atoms.